The number of ether oxygens (including phenoxy) is 3. The summed E-state index contributed by atoms with van der Waals surface area (Å²) in [6, 6.07) is 16.0. The van der Waals surface area contributed by atoms with Crippen LogP contribution in [0, 0.1) is 5.82 Å². The molecule has 0 saturated carbocycles. The van der Waals surface area contributed by atoms with Gasteiger partial charge in [-0.15, -0.1) is 0 Å². The molecule has 0 aromatic heterocycles. The Bertz CT molecular complexity index is 1250. The number of amides is 1. The molecule has 0 fully saturated rings. The Morgan fingerprint density at radius 1 is 0.943 bits per heavy atom. The molecule has 0 spiro atoms. The van der Waals surface area contributed by atoms with Crippen molar-refractivity contribution in [1.82, 2.24) is 5.32 Å². The fourth-order valence-electron chi connectivity index (χ4n) is 3.30. The zero-order valence-electron chi connectivity index (χ0n) is 19.7. The lowest BCUT2D eigenvalue weighted by Gasteiger charge is -2.24. The van der Waals surface area contributed by atoms with Crippen LogP contribution in [0.2, 0.25) is 0 Å². The average Bonchev–Trinajstić information content (AvgIpc) is 2.86. The minimum atomic E-state index is -4.17. The lowest BCUT2D eigenvalue weighted by molar-refractivity contribution is -0.119. The molecule has 186 valence electrons. The summed E-state index contributed by atoms with van der Waals surface area (Å²) >= 11 is 0. The molecule has 0 atom stereocenters. The van der Waals surface area contributed by atoms with Gasteiger partial charge in [0.25, 0.3) is 10.0 Å². The van der Waals surface area contributed by atoms with E-state index in [0.717, 1.165) is 34.1 Å². The maximum atomic E-state index is 13.4. The van der Waals surface area contributed by atoms with Crippen LogP contribution >= 0.6 is 0 Å². The minimum absolute atomic E-state index is 0.138. The largest absolute Gasteiger partial charge is 0.494 e. The fraction of sp³-hybridized carbons (Fsp3) is 0.240. The number of methoxy groups -OCH3 is 2. The van der Waals surface area contributed by atoms with Crippen LogP contribution in [0.3, 0.4) is 0 Å². The number of carbonyl (C=O) groups is 1. The van der Waals surface area contributed by atoms with Gasteiger partial charge >= 0.3 is 0 Å². The second-order valence-electron chi connectivity index (χ2n) is 7.36. The smallest absolute Gasteiger partial charge is 0.264 e. The molecule has 0 bridgehead atoms. The van der Waals surface area contributed by atoms with Gasteiger partial charge in [0.1, 0.15) is 18.1 Å². The van der Waals surface area contributed by atoms with Crippen molar-refractivity contribution in [3.63, 3.8) is 0 Å². The molecule has 0 heterocycles. The topological polar surface area (TPSA) is 94.2 Å². The second kappa shape index (κ2) is 11.6. The van der Waals surface area contributed by atoms with Crippen molar-refractivity contribution >= 4 is 21.6 Å². The van der Waals surface area contributed by atoms with Gasteiger partial charge in [-0.2, -0.15) is 0 Å². The van der Waals surface area contributed by atoms with E-state index in [2.05, 4.69) is 5.32 Å². The van der Waals surface area contributed by atoms with Crippen LogP contribution < -0.4 is 23.8 Å². The van der Waals surface area contributed by atoms with Gasteiger partial charge in [-0.05, 0) is 73.2 Å². The van der Waals surface area contributed by atoms with Crippen molar-refractivity contribution in [2.24, 2.45) is 0 Å². The van der Waals surface area contributed by atoms with Crippen LogP contribution in [0.1, 0.15) is 12.5 Å². The summed E-state index contributed by atoms with van der Waals surface area (Å²) in [5.41, 5.74) is 1.00. The van der Waals surface area contributed by atoms with E-state index in [0.29, 0.717) is 23.9 Å². The average molecular weight is 503 g/mol. The van der Waals surface area contributed by atoms with Gasteiger partial charge in [0.15, 0.2) is 11.5 Å². The molecule has 1 N–H and O–H groups in total. The van der Waals surface area contributed by atoms with Gasteiger partial charge in [0.2, 0.25) is 5.91 Å². The minimum Gasteiger partial charge on any atom is -0.494 e. The first kappa shape index (κ1) is 25.8. The van der Waals surface area contributed by atoms with Crippen LogP contribution in [0.15, 0.2) is 71.6 Å². The van der Waals surface area contributed by atoms with Crippen molar-refractivity contribution in [2.45, 2.75) is 18.4 Å². The van der Waals surface area contributed by atoms with Crippen molar-refractivity contribution in [3.05, 3.63) is 78.1 Å². The molecule has 0 aliphatic heterocycles. The van der Waals surface area contributed by atoms with E-state index in [9.17, 15) is 17.6 Å². The summed E-state index contributed by atoms with van der Waals surface area (Å²) in [6.07, 6.45) is 0. The number of halogens is 1. The van der Waals surface area contributed by atoms with Gasteiger partial charge in [0, 0.05) is 6.54 Å². The number of carbonyl (C=O) groups excluding carboxylic acids is 1. The summed E-state index contributed by atoms with van der Waals surface area (Å²) in [5, 5.41) is 2.73. The van der Waals surface area contributed by atoms with Gasteiger partial charge in [-0.3, -0.25) is 9.10 Å². The summed E-state index contributed by atoms with van der Waals surface area (Å²) < 4.78 is 57.0. The molecule has 0 radical (unpaired) electrons. The first-order chi connectivity index (χ1) is 16.8. The van der Waals surface area contributed by atoms with Crippen LogP contribution in [-0.4, -0.2) is 41.7 Å². The number of rotatable bonds is 11. The van der Waals surface area contributed by atoms with E-state index in [1.165, 1.54) is 14.2 Å². The number of nitrogens with one attached hydrogen (secondary N) is 1. The van der Waals surface area contributed by atoms with Gasteiger partial charge < -0.3 is 19.5 Å². The Hall–Kier alpha value is -3.79. The van der Waals surface area contributed by atoms with Crippen LogP contribution in [0.5, 0.6) is 17.2 Å². The molecule has 8 nitrogen and oxygen atoms in total. The van der Waals surface area contributed by atoms with Crippen LogP contribution in [0.4, 0.5) is 10.1 Å². The quantitative estimate of drug-likeness (QED) is 0.429. The molecule has 35 heavy (non-hydrogen) atoms. The molecule has 1 amide bonds. The summed E-state index contributed by atoms with van der Waals surface area (Å²) in [7, 11) is -1.13. The maximum Gasteiger partial charge on any atom is 0.264 e. The first-order valence-corrected chi connectivity index (χ1v) is 12.2. The number of nitrogens with zero attached hydrogens (tertiary/aromatic N) is 1. The van der Waals surface area contributed by atoms with Gasteiger partial charge in [-0.1, -0.05) is 6.07 Å². The summed E-state index contributed by atoms with van der Waals surface area (Å²) in [5.74, 6) is 0.528. The lowest BCUT2D eigenvalue weighted by atomic mass is 10.2. The SMILES string of the molecule is CCOc1ccc(N(CC(=O)NCc2ccc(OC)c(OC)c2)S(=O)(=O)c2ccc(F)cc2)cc1. The molecule has 0 aliphatic carbocycles. The Morgan fingerprint density at radius 3 is 2.20 bits per heavy atom. The predicted molar refractivity (Wildman–Crippen MR) is 130 cm³/mol. The Labute approximate surface area is 204 Å². The van der Waals surface area contributed by atoms with E-state index < -0.39 is 28.3 Å². The van der Waals surface area contributed by atoms with E-state index in [-0.39, 0.29) is 17.1 Å². The molecule has 0 unspecified atom stereocenters. The molecular formula is C25H27FN2O6S. The molecule has 10 heteroatoms. The monoisotopic (exact) mass is 502 g/mol. The summed E-state index contributed by atoms with van der Waals surface area (Å²) in [6.45, 7) is 1.95. The zero-order valence-corrected chi connectivity index (χ0v) is 20.5. The van der Waals surface area contributed by atoms with E-state index in [4.69, 9.17) is 14.2 Å². The third-order valence-electron chi connectivity index (χ3n) is 5.06. The number of benzene rings is 3. The number of anilines is 1. The predicted octanol–water partition coefficient (Wildman–Crippen LogP) is 3.75. The van der Waals surface area contributed by atoms with Crippen molar-refractivity contribution in [1.29, 1.82) is 0 Å². The van der Waals surface area contributed by atoms with Gasteiger partial charge in [0.05, 0.1) is 31.4 Å². The molecule has 3 aromatic carbocycles. The number of hydrogen-bond acceptors (Lipinski definition) is 6. The standard InChI is InChI=1S/C25H27FN2O6S/c1-4-34-21-10-8-20(9-11-21)28(35(30,31)22-12-6-19(26)7-13-22)17-25(29)27-16-18-5-14-23(32-2)24(15-18)33-3/h5-15H,4,16-17H2,1-3H3,(H,27,29). The highest BCUT2D eigenvalue weighted by molar-refractivity contribution is 7.92. The van der Waals surface area contributed by atoms with Crippen LogP contribution in [0.25, 0.3) is 0 Å². The highest BCUT2D eigenvalue weighted by Gasteiger charge is 2.27. The molecule has 3 rings (SSSR count). The van der Waals surface area contributed by atoms with Crippen molar-refractivity contribution in [3.8, 4) is 17.2 Å². The van der Waals surface area contributed by atoms with Crippen molar-refractivity contribution in [2.75, 3.05) is 31.7 Å². The third-order valence-corrected chi connectivity index (χ3v) is 6.85. The fourth-order valence-corrected chi connectivity index (χ4v) is 4.72. The molecule has 0 aliphatic rings. The van der Waals surface area contributed by atoms with E-state index in [1.807, 2.05) is 6.92 Å². The second-order valence-corrected chi connectivity index (χ2v) is 9.22. The Balaban J connectivity index is 1.83. The highest BCUT2D eigenvalue weighted by atomic mass is 32.2. The van der Waals surface area contributed by atoms with E-state index >= 15 is 0 Å². The maximum absolute atomic E-state index is 13.4. The highest BCUT2D eigenvalue weighted by Crippen LogP contribution is 2.28. The first-order valence-electron chi connectivity index (χ1n) is 10.8. The number of hydrogen-bond donors (Lipinski definition) is 1. The zero-order chi connectivity index (χ0) is 25.4. The van der Waals surface area contributed by atoms with Crippen molar-refractivity contribution < 1.29 is 31.8 Å². The van der Waals surface area contributed by atoms with E-state index in [1.54, 1.807) is 42.5 Å². The third kappa shape index (κ3) is 6.42. The number of sulfonamides is 1. The Kier molecular flexibility index (Phi) is 8.53. The molecular weight excluding hydrogens is 475 g/mol. The Morgan fingerprint density at radius 2 is 1.60 bits per heavy atom. The normalized spacial score (nSPS) is 11.0. The molecule has 3 aromatic rings. The van der Waals surface area contributed by atoms with Gasteiger partial charge in [-0.25, -0.2) is 12.8 Å². The van der Waals surface area contributed by atoms with Crippen LogP contribution in [-0.2, 0) is 21.4 Å². The molecule has 0 saturated heterocycles. The summed E-state index contributed by atoms with van der Waals surface area (Å²) in [4.78, 5) is 12.7. The lowest BCUT2D eigenvalue weighted by Crippen LogP contribution is -2.40.